The van der Waals surface area contributed by atoms with Gasteiger partial charge in [0.05, 0.1) is 0 Å². The van der Waals surface area contributed by atoms with Crippen LogP contribution >= 0.6 is 0 Å². The average molecular weight is 320 g/mol. The lowest BCUT2D eigenvalue weighted by molar-refractivity contribution is -0.150. The van der Waals surface area contributed by atoms with Crippen molar-refractivity contribution >= 4 is 12.1 Å². The Balaban J connectivity index is 1.98. The minimum absolute atomic E-state index is 0.174. The summed E-state index contributed by atoms with van der Waals surface area (Å²) in [6, 6.07) is 8.45. The molecule has 0 spiro atoms. The Morgan fingerprint density at radius 3 is 2.52 bits per heavy atom. The quantitative estimate of drug-likeness (QED) is 0.862. The van der Waals surface area contributed by atoms with Crippen molar-refractivity contribution in [2.75, 3.05) is 6.54 Å². The van der Waals surface area contributed by atoms with E-state index in [0.29, 0.717) is 13.0 Å². The Kier molecular flexibility index (Phi) is 5.26. The predicted molar refractivity (Wildman–Crippen MR) is 85.6 cm³/mol. The number of amides is 1. The number of hydrogen-bond donors (Lipinski definition) is 1. The molecule has 0 aromatic heterocycles. The molecule has 6 nitrogen and oxygen atoms in total. The van der Waals surface area contributed by atoms with E-state index in [1.54, 1.807) is 20.8 Å². The van der Waals surface area contributed by atoms with Crippen LogP contribution in [0.15, 0.2) is 30.3 Å². The highest BCUT2D eigenvalue weighted by molar-refractivity contribution is 5.82. The van der Waals surface area contributed by atoms with Crippen molar-refractivity contribution in [1.29, 1.82) is 0 Å². The molecule has 0 bridgehead atoms. The summed E-state index contributed by atoms with van der Waals surface area (Å²) in [5, 5.41) is 0. The van der Waals surface area contributed by atoms with Gasteiger partial charge >= 0.3 is 12.1 Å². The van der Waals surface area contributed by atoms with Gasteiger partial charge in [0, 0.05) is 12.6 Å². The number of ether oxygens (including phenoxy) is 2. The van der Waals surface area contributed by atoms with Crippen LogP contribution in [0.3, 0.4) is 0 Å². The molecule has 1 aliphatic rings. The molecule has 0 unspecified atom stereocenters. The molecule has 0 radical (unpaired) electrons. The first kappa shape index (κ1) is 17.3. The van der Waals surface area contributed by atoms with Crippen LogP contribution in [0.1, 0.15) is 32.8 Å². The topological polar surface area (TPSA) is 81.9 Å². The highest BCUT2D eigenvalue weighted by atomic mass is 16.6. The third kappa shape index (κ3) is 4.96. The Labute approximate surface area is 136 Å². The summed E-state index contributed by atoms with van der Waals surface area (Å²) in [7, 11) is 0. The second-order valence-electron chi connectivity index (χ2n) is 6.74. The van der Waals surface area contributed by atoms with Crippen LogP contribution < -0.4 is 5.73 Å². The molecule has 6 heteroatoms. The number of carbonyl (C=O) groups excluding carboxylic acids is 2. The second-order valence-corrected chi connectivity index (χ2v) is 6.74. The minimum Gasteiger partial charge on any atom is -0.459 e. The average Bonchev–Trinajstić information content (AvgIpc) is 2.86. The molecular weight excluding hydrogens is 296 g/mol. The number of benzene rings is 1. The highest BCUT2D eigenvalue weighted by Gasteiger charge is 2.41. The predicted octanol–water partition coefficient (Wildman–Crippen LogP) is 2.07. The SMILES string of the molecule is CC(C)(C)OC(=O)N1C[C@H](N)C[C@@H]1C(=O)OCc1ccccc1. The molecule has 1 heterocycles. The summed E-state index contributed by atoms with van der Waals surface area (Å²) < 4.78 is 10.7. The maximum atomic E-state index is 12.3. The van der Waals surface area contributed by atoms with Crippen LogP contribution in [0.4, 0.5) is 4.79 Å². The normalized spacial score (nSPS) is 21.1. The molecule has 2 N–H and O–H groups in total. The Bertz CT molecular complexity index is 553. The largest absolute Gasteiger partial charge is 0.459 e. The van der Waals surface area contributed by atoms with Gasteiger partial charge in [0.25, 0.3) is 0 Å². The van der Waals surface area contributed by atoms with Gasteiger partial charge < -0.3 is 15.2 Å². The lowest BCUT2D eigenvalue weighted by Gasteiger charge is -2.27. The third-order valence-corrected chi connectivity index (χ3v) is 3.46. The van der Waals surface area contributed by atoms with E-state index >= 15 is 0 Å². The van der Waals surface area contributed by atoms with Gasteiger partial charge in [0.15, 0.2) is 0 Å². The van der Waals surface area contributed by atoms with Crippen molar-refractivity contribution < 1.29 is 19.1 Å². The molecule has 1 amide bonds. The molecule has 1 aromatic rings. The van der Waals surface area contributed by atoms with E-state index in [-0.39, 0.29) is 12.6 Å². The summed E-state index contributed by atoms with van der Waals surface area (Å²) in [5.41, 5.74) is 6.18. The number of nitrogens with zero attached hydrogens (tertiary/aromatic N) is 1. The van der Waals surface area contributed by atoms with Gasteiger partial charge in [-0.3, -0.25) is 4.90 Å². The van der Waals surface area contributed by atoms with Gasteiger partial charge in [-0.05, 0) is 32.8 Å². The molecule has 2 atom stereocenters. The van der Waals surface area contributed by atoms with Crippen molar-refractivity contribution in [2.24, 2.45) is 5.73 Å². The summed E-state index contributed by atoms with van der Waals surface area (Å²) in [4.78, 5) is 25.9. The number of esters is 1. The molecule has 1 aliphatic heterocycles. The van der Waals surface area contributed by atoms with Crippen LogP contribution in [-0.4, -0.2) is 41.2 Å². The fraction of sp³-hybridized carbons (Fsp3) is 0.529. The van der Waals surface area contributed by atoms with E-state index in [0.717, 1.165) is 5.56 Å². The van der Waals surface area contributed by atoms with E-state index in [2.05, 4.69) is 0 Å². The van der Waals surface area contributed by atoms with Gasteiger partial charge in [-0.15, -0.1) is 0 Å². The number of rotatable bonds is 3. The fourth-order valence-electron chi connectivity index (χ4n) is 2.44. The molecule has 126 valence electrons. The standard InChI is InChI=1S/C17H24N2O4/c1-17(2,3)23-16(21)19-10-13(18)9-14(19)15(20)22-11-12-7-5-4-6-8-12/h4-8,13-14H,9-11,18H2,1-3H3/t13-,14-/m1/s1. The Hall–Kier alpha value is -2.08. The monoisotopic (exact) mass is 320 g/mol. The first-order valence-electron chi connectivity index (χ1n) is 7.72. The molecular formula is C17H24N2O4. The van der Waals surface area contributed by atoms with Crippen molar-refractivity contribution in [3.05, 3.63) is 35.9 Å². The van der Waals surface area contributed by atoms with Crippen molar-refractivity contribution in [3.63, 3.8) is 0 Å². The number of hydrogen-bond acceptors (Lipinski definition) is 5. The summed E-state index contributed by atoms with van der Waals surface area (Å²) in [6.07, 6.45) is -0.153. The summed E-state index contributed by atoms with van der Waals surface area (Å²) >= 11 is 0. The maximum Gasteiger partial charge on any atom is 0.411 e. The van der Waals surface area contributed by atoms with Gasteiger partial charge in [-0.25, -0.2) is 9.59 Å². The molecule has 0 aliphatic carbocycles. The smallest absolute Gasteiger partial charge is 0.411 e. The number of nitrogens with two attached hydrogens (primary N) is 1. The van der Waals surface area contributed by atoms with Crippen LogP contribution in [0.2, 0.25) is 0 Å². The second kappa shape index (κ2) is 7.00. The van der Waals surface area contributed by atoms with E-state index < -0.39 is 23.7 Å². The summed E-state index contributed by atoms with van der Waals surface area (Å²) in [6.45, 7) is 5.81. The van der Waals surface area contributed by atoms with Gasteiger partial charge in [-0.2, -0.15) is 0 Å². The highest BCUT2D eigenvalue weighted by Crippen LogP contribution is 2.21. The number of likely N-dealkylation sites (tertiary alicyclic amines) is 1. The Morgan fingerprint density at radius 2 is 1.91 bits per heavy atom. The van der Waals surface area contributed by atoms with Gasteiger partial charge in [0.2, 0.25) is 0 Å². The number of carbonyl (C=O) groups is 2. The molecule has 23 heavy (non-hydrogen) atoms. The first-order chi connectivity index (χ1) is 10.8. The van der Waals surface area contributed by atoms with Crippen LogP contribution in [0.5, 0.6) is 0 Å². The zero-order valence-electron chi connectivity index (χ0n) is 13.8. The van der Waals surface area contributed by atoms with Crippen LogP contribution in [0, 0.1) is 0 Å². The Morgan fingerprint density at radius 1 is 1.26 bits per heavy atom. The lowest BCUT2D eigenvalue weighted by Crippen LogP contribution is -2.44. The molecule has 2 rings (SSSR count). The van der Waals surface area contributed by atoms with E-state index in [1.165, 1.54) is 4.90 Å². The third-order valence-electron chi connectivity index (χ3n) is 3.46. The van der Waals surface area contributed by atoms with Gasteiger partial charge in [-0.1, -0.05) is 30.3 Å². The molecule has 0 saturated carbocycles. The van der Waals surface area contributed by atoms with Gasteiger partial charge in [0.1, 0.15) is 18.2 Å². The summed E-state index contributed by atoms with van der Waals surface area (Å²) in [5.74, 6) is -0.451. The lowest BCUT2D eigenvalue weighted by atomic mass is 10.2. The molecule has 1 saturated heterocycles. The molecule has 1 fully saturated rings. The van der Waals surface area contributed by atoms with E-state index in [4.69, 9.17) is 15.2 Å². The first-order valence-corrected chi connectivity index (χ1v) is 7.72. The van der Waals surface area contributed by atoms with Crippen LogP contribution in [0.25, 0.3) is 0 Å². The fourth-order valence-corrected chi connectivity index (χ4v) is 2.44. The van der Waals surface area contributed by atoms with E-state index in [1.807, 2.05) is 30.3 Å². The van der Waals surface area contributed by atoms with Crippen LogP contribution in [-0.2, 0) is 20.9 Å². The van der Waals surface area contributed by atoms with Crippen molar-refractivity contribution in [3.8, 4) is 0 Å². The van der Waals surface area contributed by atoms with Crippen molar-refractivity contribution in [2.45, 2.75) is 51.5 Å². The molecule has 1 aromatic carbocycles. The zero-order chi connectivity index (χ0) is 17.0. The van der Waals surface area contributed by atoms with E-state index in [9.17, 15) is 9.59 Å². The van der Waals surface area contributed by atoms with Crippen molar-refractivity contribution in [1.82, 2.24) is 4.90 Å². The minimum atomic E-state index is -0.691. The maximum absolute atomic E-state index is 12.3. The zero-order valence-corrected chi connectivity index (χ0v) is 13.8.